The minimum atomic E-state index is -0.388. The van der Waals surface area contributed by atoms with Crippen molar-refractivity contribution in [2.24, 2.45) is 5.10 Å². The molecule has 1 aliphatic rings. The van der Waals surface area contributed by atoms with Gasteiger partial charge in [-0.2, -0.15) is 5.10 Å². The van der Waals surface area contributed by atoms with Crippen LogP contribution in [0.15, 0.2) is 40.8 Å². The second-order valence-electron chi connectivity index (χ2n) is 4.77. The molecule has 1 aliphatic heterocycles. The molecule has 3 rings (SSSR count). The molecule has 0 saturated carbocycles. The molecule has 2 heterocycles. The molecule has 0 aliphatic carbocycles. The fourth-order valence-corrected chi connectivity index (χ4v) is 3.48. The number of benzene rings is 1. The van der Waals surface area contributed by atoms with Gasteiger partial charge in [-0.3, -0.25) is 4.79 Å². The average molecular weight is 323 g/mol. The normalized spacial score (nSPS) is 18.0. The van der Waals surface area contributed by atoms with Crippen LogP contribution in [0.5, 0.6) is 0 Å². The van der Waals surface area contributed by atoms with Crippen molar-refractivity contribution < 1.29 is 9.18 Å². The van der Waals surface area contributed by atoms with Crippen LogP contribution in [0.2, 0.25) is 5.02 Å². The molecule has 108 valence electrons. The molecular weight excluding hydrogens is 311 g/mol. The van der Waals surface area contributed by atoms with E-state index in [1.54, 1.807) is 17.4 Å². The number of nitrogens with zero attached hydrogens (tertiary/aromatic N) is 2. The summed E-state index contributed by atoms with van der Waals surface area (Å²) in [5.74, 6) is -0.512. The second kappa shape index (κ2) is 5.58. The molecule has 0 N–H and O–H groups in total. The van der Waals surface area contributed by atoms with Gasteiger partial charge in [0.15, 0.2) is 0 Å². The monoisotopic (exact) mass is 322 g/mol. The van der Waals surface area contributed by atoms with E-state index in [1.165, 1.54) is 24.1 Å². The van der Waals surface area contributed by atoms with E-state index in [0.29, 0.717) is 22.7 Å². The molecular formula is C15H12ClFN2OS. The van der Waals surface area contributed by atoms with Crippen molar-refractivity contribution >= 4 is 34.6 Å². The topological polar surface area (TPSA) is 32.7 Å². The summed E-state index contributed by atoms with van der Waals surface area (Å²) < 4.78 is 13.2. The van der Waals surface area contributed by atoms with E-state index in [2.05, 4.69) is 5.10 Å². The maximum Gasteiger partial charge on any atom is 0.240 e. The standard InChI is InChI=1S/C15H12ClFN2OS/c1-9(20)19-14(15-3-2-6-21-15)8-13(18-19)11-5-4-10(17)7-12(11)16/h2-7,14H,8H2,1H3/t14-/m1/s1. The molecule has 1 aromatic heterocycles. The highest BCUT2D eigenvalue weighted by atomic mass is 35.5. The Morgan fingerprint density at radius 1 is 1.48 bits per heavy atom. The van der Waals surface area contributed by atoms with Gasteiger partial charge in [0, 0.05) is 23.8 Å². The zero-order valence-corrected chi connectivity index (χ0v) is 12.8. The lowest BCUT2D eigenvalue weighted by molar-refractivity contribution is -0.130. The molecule has 0 radical (unpaired) electrons. The van der Waals surface area contributed by atoms with Crippen molar-refractivity contribution in [3.05, 3.63) is 57.0 Å². The van der Waals surface area contributed by atoms with Gasteiger partial charge in [0.2, 0.25) is 5.91 Å². The Morgan fingerprint density at radius 2 is 2.29 bits per heavy atom. The zero-order chi connectivity index (χ0) is 15.0. The maximum atomic E-state index is 13.2. The van der Waals surface area contributed by atoms with Crippen molar-refractivity contribution in [3.8, 4) is 0 Å². The summed E-state index contributed by atoms with van der Waals surface area (Å²) in [5.41, 5.74) is 1.37. The molecule has 1 amide bonds. The Kier molecular flexibility index (Phi) is 3.78. The number of halogens is 2. The average Bonchev–Trinajstić information content (AvgIpc) is 3.07. The molecule has 0 saturated heterocycles. The summed E-state index contributed by atoms with van der Waals surface area (Å²) in [6.07, 6.45) is 0.575. The Bertz CT molecular complexity index is 714. The third kappa shape index (κ3) is 2.71. The van der Waals surface area contributed by atoms with E-state index in [4.69, 9.17) is 11.6 Å². The van der Waals surface area contributed by atoms with Crippen molar-refractivity contribution in [2.45, 2.75) is 19.4 Å². The van der Waals surface area contributed by atoms with Gasteiger partial charge in [-0.15, -0.1) is 11.3 Å². The van der Waals surface area contributed by atoms with E-state index < -0.39 is 0 Å². The van der Waals surface area contributed by atoms with E-state index >= 15 is 0 Å². The predicted molar refractivity (Wildman–Crippen MR) is 82.1 cm³/mol. The smallest absolute Gasteiger partial charge is 0.240 e. The molecule has 1 atom stereocenters. The number of hydrazone groups is 1. The molecule has 0 unspecified atom stereocenters. The fourth-order valence-electron chi connectivity index (χ4n) is 2.39. The van der Waals surface area contributed by atoms with Crippen LogP contribution < -0.4 is 0 Å². The van der Waals surface area contributed by atoms with Gasteiger partial charge in [0.1, 0.15) is 5.82 Å². The van der Waals surface area contributed by atoms with Crippen molar-refractivity contribution in [2.75, 3.05) is 0 Å². The van der Waals surface area contributed by atoms with Crippen LogP contribution in [0.1, 0.15) is 29.8 Å². The first-order valence-electron chi connectivity index (χ1n) is 6.42. The first-order valence-corrected chi connectivity index (χ1v) is 7.68. The lowest BCUT2D eigenvalue weighted by atomic mass is 10.0. The summed E-state index contributed by atoms with van der Waals surface area (Å²) in [6.45, 7) is 1.49. The number of amides is 1. The van der Waals surface area contributed by atoms with Crippen LogP contribution >= 0.6 is 22.9 Å². The van der Waals surface area contributed by atoms with Gasteiger partial charge in [-0.1, -0.05) is 17.7 Å². The zero-order valence-electron chi connectivity index (χ0n) is 11.2. The van der Waals surface area contributed by atoms with Crippen LogP contribution in [-0.4, -0.2) is 16.6 Å². The number of carbonyl (C=O) groups is 1. The second-order valence-corrected chi connectivity index (χ2v) is 6.16. The third-order valence-electron chi connectivity index (χ3n) is 3.35. The highest BCUT2D eigenvalue weighted by Crippen LogP contribution is 2.36. The van der Waals surface area contributed by atoms with E-state index in [0.717, 1.165) is 4.88 Å². The Hall–Kier alpha value is -1.72. The first-order chi connectivity index (χ1) is 10.1. The van der Waals surface area contributed by atoms with E-state index in [1.807, 2.05) is 17.5 Å². The lowest BCUT2D eigenvalue weighted by Gasteiger charge is -2.18. The molecule has 2 aromatic rings. The third-order valence-corrected chi connectivity index (χ3v) is 4.63. The van der Waals surface area contributed by atoms with Crippen molar-refractivity contribution in [1.82, 2.24) is 5.01 Å². The number of hydrogen-bond donors (Lipinski definition) is 0. The Labute approximate surface area is 130 Å². The van der Waals surface area contributed by atoms with Gasteiger partial charge in [0.25, 0.3) is 0 Å². The summed E-state index contributed by atoms with van der Waals surface area (Å²) in [6, 6.07) is 8.03. The van der Waals surface area contributed by atoms with E-state index in [-0.39, 0.29) is 17.8 Å². The maximum absolute atomic E-state index is 13.2. The highest BCUT2D eigenvalue weighted by Gasteiger charge is 2.32. The Morgan fingerprint density at radius 3 is 2.90 bits per heavy atom. The summed E-state index contributed by atoms with van der Waals surface area (Å²) in [4.78, 5) is 12.9. The van der Waals surface area contributed by atoms with Gasteiger partial charge in [-0.05, 0) is 29.6 Å². The quantitative estimate of drug-likeness (QED) is 0.814. The van der Waals surface area contributed by atoms with Gasteiger partial charge in [0.05, 0.1) is 16.8 Å². The minimum Gasteiger partial charge on any atom is -0.273 e. The van der Waals surface area contributed by atoms with Crippen molar-refractivity contribution in [3.63, 3.8) is 0 Å². The van der Waals surface area contributed by atoms with Crippen LogP contribution in [-0.2, 0) is 4.79 Å². The molecule has 3 nitrogen and oxygen atoms in total. The van der Waals surface area contributed by atoms with Gasteiger partial charge >= 0.3 is 0 Å². The predicted octanol–water partition coefficient (Wildman–Crippen LogP) is 4.24. The molecule has 6 heteroatoms. The summed E-state index contributed by atoms with van der Waals surface area (Å²) >= 11 is 7.67. The van der Waals surface area contributed by atoms with Crippen LogP contribution in [0.3, 0.4) is 0 Å². The number of carbonyl (C=O) groups excluding carboxylic acids is 1. The number of thiophene rings is 1. The Balaban J connectivity index is 1.97. The minimum absolute atomic E-state index is 0.112. The lowest BCUT2D eigenvalue weighted by Crippen LogP contribution is -2.23. The van der Waals surface area contributed by atoms with Crippen molar-refractivity contribution in [1.29, 1.82) is 0 Å². The largest absolute Gasteiger partial charge is 0.273 e. The van der Waals surface area contributed by atoms with Crippen LogP contribution in [0.4, 0.5) is 4.39 Å². The van der Waals surface area contributed by atoms with Gasteiger partial charge < -0.3 is 0 Å². The van der Waals surface area contributed by atoms with Gasteiger partial charge in [-0.25, -0.2) is 9.40 Å². The van der Waals surface area contributed by atoms with Crippen LogP contribution in [0, 0.1) is 5.82 Å². The van der Waals surface area contributed by atoms with Crippen LogP contribution in [0.25, 0.3) is 0 Å². The molecule has 0 fully saturated rings. The van der Waals surface area contributed by atoms with E-state index in [9.17, 15) is 9.18 Å². The number of hydrogen-bond acceptors (Lipinski definition) is 3. The molecule has 21 heavy (non-hydrogen) atoms. The molecule has 0 bridgehead atoms. The SMILES string of the molecule is CC(=O)N1N=C(c2ccc(F)cc2Cl)C[C@@H]1c1cccs1. The summed E-state index contributed by atoms with van der Waals surface area (Å²) in [7, 11) is 0. The molecule has 0 spiro atoms. The highest BCUT2D eigenvalue weighted by molar-refractivity contribution is 7.10. The molecule has 1 aromatic carbocycles. The first kappa shape index (κ1) is 14.2. The summed E-state index contributed by atoms with van der Waals surface area (Å²) in [5, 5.41) is 8.14. The number of rotatable bonds is 2. The fraction of sp³-hybridized carbons (Fsp3) is 0.200.